The molecule has 4 aromatic rings. The van der Waals surface area contributed by atoms with Gasteiger partial charge in [-0.05, 0) is 52.2 Å². The molecule has 0 N–H and O–H groups in total. The second-order valence-corrected chi connectivity index (χ2v) is 12.5. The topological polar surface area (TPSA) is 3.24 Å². The lowest BCUT2D eigenvalue weighted by Crippen LogP contribution is -2.31. The Morgan fingerprint density at radius 3 is 1.22 bits per heavy atom. The summed E-state index contributed by atoms with van der Waals surface area (Å²) in [6.07, 6.45) is 2.09. The highest BCUT2D eigenvalue weighted by molar-refractivity contribution is 7.84. The van der Waals surface area contributed by atoms with Gasteiger partial charge < -0.3 is 0 Å². The molecule has 0 spiro atoms. The fourth-order valence-corrected chi connectivity index (χ4v) is 10.3. The highest BCUT2D eigenvalue weighted by Gasteiger charge is 2.30. The van der Waals surface area contributed by atoms with Crippen LogP contribution in [0.15, 0.2) is 109 Å². The highest BCUT2D eigenvalue weighted by Crippen LogP contribution is 2.53. The highest BCUT2D eigenvalue weighted by atomic mass is 31.2. The molecule has 0 heterocycles. The third-order valence-corrected chi connectivity index (χ3v) is 11.4. The minimum Gasteiger partial charge on any atom is -0.248 e. The van der Waals surface area contributed by atoms with E-state index >= 15 is 0 Å². The van der Waals surface area contributed by atoms with Gasteiger partial charge in [0.1, 0.15) is 0 Å². The predicted molar refractivity (Wildman–Crippen MR) is 145 cm³/mol. The first-order valence-electron chi connectivity index (χ1n) is 11.3. The van der Waals surface area contributed by atoms with Crippen molar-refractivity contribution in [1.29, 1.82) is 0 Å². The second-order valence-electron chi connectivity index (χ2n) is 7.75. The summed E-state index contributed by atoms with van der Waals surface area (Å²) in [5, 5.41) is 5.75. The molecule has 0 bridgehead atoms. The summed E-state index contributed by atoms with van der Waals surface area (Å²) in [6.45, 7) is 4.54. The molecule has 0 aromatic heterocycles. The maximum Gasteiger partial charge on any atom is 0.0323 e. The van der Waals surface area contributed by atoms with Crippen LogP contribution in [-0.4, -0.2) is 11.5 Å². The minimum atomic E-state index is -0.681. The quantitative estimate of drug-likeness (QED) is 0.289. The standard InChI is InChI=1S/C29H31NP2/c1-4-24-16-12-14-22-28(24)31(26-18-8-6-9-19-26)30(3)32(27-20-10-7-11-21-27)29-23-15-13-17-25(29)5-2/h6-23H,4-5H2,1-3H3. The van der Waals surface area contributed by atoms with Crippen molar-refractivity contribution in [1.82, 2.24) is 4.44 Å². The van der Waals surface area contributed by atoms with E-state index in [1.807, 2.05) is 0 Å². The summed E-state index contributed by atoms with van der Waals surface area (Å²) < 4.78 is 2.69. The molecule has 0 fully saturated rings. The Balaban J connectivity index is 1.92. The number of aryl methyl sites for hydroxylation is 2. The smallest absolute Gasteiger partial charge is 0.0323 e. The first-order valence-corrected chi connectivity index (χ1v) is 13.9. The van der Waals surface area contributed by atoms with Gasteiger partial charge in [0.05, 0.1) is 0 Å². The second kappa shape index (κ2) is 11.0. The van der Waals surface area contributed by atoms with E-state index in [9.17, 15) is 0 Å². The fraction of sp³-hybridized carbons (Fsp3) is 0.172. The molecule has 3 heteroatoms. The average Bonchev–Trinajstić information content (AvgIpc) is 2.86. The monoisotopic (exact) mass is 455 g/mol. The van der Waals surface area contributed by atoms with Gasteiger partial charge in [0, 0.05) is 16.1 Å². The van der Waals surface area contributed by atoms with Gasteiger partial charge in [0.25, 0.3) is 0 Å². The first kappa shape index (κ1) is 22.9. The van der Waals surface area contributed by atoms with Gasteiger partial charge in [-0.2, -0.15) is 0 Å². The summed E-state index contributed by atoms with van der Waals surface area (Å²) >= 11 is 0. The zero-order valence-corrected chi connectivity index (χ0v) is 20.9. The van der Waals surface area contributed by atoms with Crippen molar-refractivity contribution in [3.8, 4) is 0 Å². The zero-order valence-electron chi connectivity index (χ0n) is 19.1. The van der Waals surface area contributed by atoms with Crippen LogP contribution in [0.4, 0.5) is 0 Å². The number of benzene rings is 4. The van der Waals surface area contributed by atoms with Crippen molar-refractivity contribution in [2.45, 2.75) is 26.7 Å². The van der Waals surface area contributed by atoms with E-state index in [2.05, 4.69) is 135 Å². The van der Waals surface area contributed by atoms with Crippen LogP contribution in [0.25, 0.3) is 0 Å². The molecule has 2 unspecified atom stereocenters. The summed E-state index contributed by atoms with van der Waals surface area (Å²) in [5.74, 6) is 0. The van der Waals surface area contributed by atoms with Crippen molar-refractivity contribution < 1.29 is 0 Å². The van der Waals surface area contributed by atoms with Crippen LogP contribution in [0.1, 0.15) is 25.0 Å². The Kier molecular flexibility index (Phi) is 7.88. The number of hydrogen-bond donors (Lipinski definition) is 0. The predicted octanol–water partition coefficient (Wildman–Crippen LogP) is 6.14. The van der Waals surface area contributed by atoms with Crippen molar-refractivity contribution in [3.63, 3.8) is 0 Å². The van der Waals surface area contributed by atoms with Crippen molar-refractivity contribution >= 4 is 37.4 Å². The minimum absolute atomic E-state index is 0.681. The van der Waals surface area contributed by atoms with E-state index < -0.39 is 16.1 Å². The van der Waals surface area contributed by atoms with E-state index in [-0.39, 0.29) is 0 Å². The normalized spacial score (nSPS) is 13.1. The molecular weight excluding hydrogens is 424 g/mol. The molecule has 0 aliphatic heterocycles. The largest absolute Gasteiger partial charge is 0.248 e. The van der Waals surface area contributed by atoms with Crippen molar-refractivity contribution in [2.75, 3.05) is 7.05 Å². The molecule has 2 atom stereocenters. The average molecular weight is 456 g/mol. The number of nitrogens with zero attached hydrogens (tertiary/aromatic N) is 1. The molecule has 0 saturated carbocycles. The van der Waals surface area contributed by atoms with Crippen molar-refractivity contribution in [3.05, 3.63) is 120 Å². The fourth-order valence-electron chi connectivity index (χ4n) is 4.18. The molecule has 0 aliphatic carbocycles. The summed E-state index contributed by atoms with van der Waals surface area (Å²) in [6, 6.07) is 40.2. The molecule has 0 aliphatic rings. The Hall–Kier alpha value is -2.30. The lowest BCUT2D eigenvalue weighted by molar-refractivity contribution is 0.910. The van der Waals surface area contributed by atoms with Crippen LogP contribution in [0.5, 0.6) is 0 Å². The van der Waals surface area contributed by atoms with Crippen LogP contribution >= 0.6 is 16.1 Å². The van der Waals surface area contributed by atoms with Crippen LogP contribution in [0.2, 0.25) is 0 Å². The molecule has 32 heavy (non-hydrogen) atoms. The Morgan fingerprint density at radius 2 is 0.844 bits per heavy atom. The van der Waals surface area contributed by atoms with Gasteiger partial charge in [-0.3, -0.25) is 0 Å². The molecule has 4 rings (SSSR count). The molecule has 162 valence electrons. The molecule has 0 amide bonds. The van der Waals surface area contributed by atoms with Crippen LogP contribution in [0.3, 0.4) is 0 Å². The summed E-state index contributed by atoms with van der Waals surface area (Å²) in [7, 11) is 0.982. The SMILES string of the molecule is CCc1ccccc1P(c1ccccc1)N(C)P(c1ccccc1)c1ccccc1CC. The van der Waals surface area contributed by atoms with E-state index in [0.717, 1.165) is 12.8 Å². The Morgan fingerprint density at radius 1 is 0.500 bits per heavy atom. The van der Waals surface area contributed by atoms with Crippen LogP contribution in [0, 0.1) is 0 Å². The molecule has 1 nitrogen and oxygen atoms in total. The van der Waals surface area contributed by atoms with Crippen LogP contribution in [-0.2, 0) is 12.8 Å². The summed E-state index contributed by atoms with van der Waals surface area (Å²) in [4.78, 5) is 0. The number of hydrogen-bond acceptors (Lipinski definition) is 1. The van der Waals surface area contributed by atoms with E-state index in [1.165, 1.54) is 32.3 Å². The lowest BCUT2D eigenvalue weighted by atomic mass is 10.2. The third kappa shape index (κ3) is 4.87. The lowest BCUT2D eigenvalue weighted by Gasteiger charge is -2.37. The molecule has 0 radical (unpaired) electrons. The Bertz CT molecular complexity index is 1040. The molecular formula is C29H31NP2. The van der Waals surface area contributed by atoms with E-state index in [4.69, 9.17) is 0 Å². The van der Waals surface area contributed by atoms with Crippen molar-refractivity contribution in [2.24, 2.45) is 0 Å². The van der Waals surface area contributed by atoms with Gasteiger partial charge in [-0.1, -0.05) is 123 Å². The van der Waals surface area contributed by atoms with Gasteiger partial charge in [-0.15, -0.1) is 0 Å². The van der Waals surface area contributed by atoms with Gasteiger partial charge >= 0.3 is 0 Å². The zero-order chi connectivity index (χ0) is 22.3. The molecule has 4 aromatic carbocycles. The summed E-state index contributed by atoms with van der Waals surface area (Å²) in [5.41, 5.74) is 2.89. The van der Waals surface area contributed by atoms with Gasteiger partial charge in [0.2, 0.25) is 0 Å². The van der Waals surface area contributed by atoms with E-state index in [1.54, 1.807) is 0 Å². The Labute approximate surface area is 195 Å². The van der Waals surface area contributed by atoms with Crippen LogP contribution < -0.4 is 21.2 Å². The maximum atomic E-state index is 2.69. The maximum absolute atomic E-state index is 2.69. The molecule has 0 saturated heterocycles. The van der Waals surface area contributed by atoms with E-state index in [0.29, 0.717) is 0 Å². The first-order chi connectivity index (χ1) is 15.7. The number of rotatable bonds is 8. The van der Waals surface area contributed by atoms with Gasteiger partial charge in [0.15, 0.2) is 0 Å². The third-order valence-electron chi connectivity index (χ3n) is 5.78. The van der Waals surface area contributed by atoms with Gasteiger partial charge in [-0.25, -0.2) is 4.44 Å².